The highest BCUT2D eigenvalue weighted by molar-refractivity contribution is 5.80. The van der Waals surface area contributed by atoms with E-state index in [1.165, 1.54) is 19.3 Å². The SMILES string of the molecule is CN1C2CCCC1CC(NC(=O)CCC(=O)O)C2. The zero-order valence-electron chi connectivity index (χ0n) is 10.9. The number of carboxylic acid groups (broad SMARTS) is 1. The molecule has 0 aromatic carbocycles. The summed E-state index contributed by atoms with van der Waals surface area (Å²) in [6, 6.07) is 1.40. The second kappa shape index (κ2) is 5.69. The van der Waals surface area contributed by atoms with Gasteiger partial charge in [0.15, 0.2) is 0 Å². The first-order valence-electron chi connectivity index (χ1n) is 6.79. The van der Waals surface area contributed by atoms with E-state index in [9.17, 15) is 9.59 Å². The van der Waals surface area contributed by atoms with Gasteiger partial charge in [-0.15, -0.1) is 0 Å². The van der Waals surface area contributed by atoms with E-state index in [1.54, 1.807) is 0 Å². The number of fused-ring (bicyclic) bond motifs is 2. The van der Waals surface area contributed by atoms with Crippen LogP contribution in [0.3, 0.4) is 0 Å². The Labute approximate surface area is 108 Å². The Balaban J connectivity index is 1.80. The van der Waals surface area contributed by atoms with Gasteiger partial charge < -0.3 is 15.3 Å². The number of carboxylic acids is 1. The van der Waals surface area contributed by atoms with Crippen molar-refractivity contribution < 1.29 is 14.7 Å². The molecule has 0 aliphatic carbocycles. The van der Waals surface area contributed by atoms with E-state index < -0.39 is 5.97 Å². The van der Waals surface area contributed by atoms with Gasteiger partial charge in [-0.2, -0.15) is 0 Å². The average Bonchev–Trinajstić information content (AvgIpc) is 2.28. The number of hydrogen-bond acceptors (Lipinski definition) is 3. The van der Waals surface area contributed by atoms with Gasteiger partial charge >= 0.3 is 5.97 Å². The molecule has 2 saturated heterocycles. The fourth-order valence-electron chi connectivity index (χ4n) is 3.25. The zero-order valence-corrected chi connectivity index (χ0v) is 10.9. The van der Waals surface area contributed by atoms with Crippen LogP contribution >= 0.6 is 0 Å². The summed E-state index contributed by atoms with van der Waals surface area (Å²) < 4.78 is 0. The van der Waals surface area contributed by atoms with E-state index in [4.69, 9.17) is 5.11 Å². The van der Waals surface area contributed by atoms with Crippen molar-refractivity contribution in [2.24, 2.45) is 0 Å². The van der Waals surface area contributed by atoms with Crippen molar-refractivity contribution >= 4 is 11.9 Å². The van der Waals surface area contributed by atoms with Crippen LogP contribution in [0.4, 0.5) is 0 Å². The highest BCUT2D eigenvalue weighted by Gasteiger charge is 2.36. The van der Waals surface area contributed by atoms with Crippen LogP contribution in [0.15, 0.2) is 0 Å². The topological polar surface area (TPSA) is 69.6 Å². The Bertz CT molecular complexity index is 318. The zero-order chi connectivity index (χ0) is 13.1. The lowest BCUT2D eigenvalue weighted by molar-refractivity contribution is -0.139. The lowest BCUT2D eigenvalue weighted by atomic mass is 9.82. The Morgan fingerprint density at radius 1 is 1.22 bits per heavy atom. The molecule has 2 bridgehead atoms. The minimum atomic E-state index is -0.912. The molecule has 1 amide bonds. The summed E-state index contributed by atoms with van der Waals surface area (Å²) in [6.45, 7) is 0. The van der Waals surface area contributed by atoms with Gasteiger partial charge in [0.2, 0.25) is 5.91 Å². The van der Waals surface area contributed by atoms with Crippen LogP contribution < -0.4 is 5.32 Å². The maximum Gasteiger partial charge on any atom is 0.303 e. The molecule has 0 spiro atoms. The average molecular weight is 254 g/mol. The van der Waals surface area contributed by atoms with Crippen molar-refractivity contribution in [3.8, 4) is 0 Å². The predicted molar refractivity (Wildman–Crippen MR) is 67.2 cm³/mol. The number of carbonyl (C=O) groups excluding carboxylic acids is 1. The van der Waals surface area contributed by atoms with Gasteiger partial charge in [-0.05, 0) is 32.7 Å². The number of nitrogens with one attached hydrogen (secondary N) is 1. The molecule has 2 rings (SSSR count). The summed E-state index contributed by atoms with van der Waals surface area (Å²) in [5.74, 6) is -1.03. The van der Waals surface area contributed by atoms with Crippen LogP contribution in [0.1, 0.15) is 44.9 Å². The number of nitrogens with zero attached hydrogens (tertiary/aromatic N) is 1. The highest BCUT2D eigenvalue weighted by Crippen LogP contribution is 2.32. The minimum Gasteiger partial charge on any atom is -0.481 e. The molecular weight excluding hydrogens is 232 g/mol. The number of hydrogen-bond donors (Lipinski definition) is 2. The lowest BCUT2D eigenvalue weighted by Crippen LogP contribution is -2.55. The maximum absolute atomic E-state index is 11.6. The molecule has 2 atom stereocenters. The molecule has 102 valence electrons. The van der Waals surface area contributed by atoms with Crippen molar-refractivity contribution in [3.63, 3.8) is 0 Å². The smallest absolute Gasteiger partial charge is 0.303 e. The van der Waals surface area contributed by atoms with Gasteiger partial charge in [0, 0.05) is 24.5 Å². The number of aliphatic carboxylic acids is 1. The van der Waals surface area contributed by atoms with Gasteiger partial charge in [0.25, 0.3) is 0 Å². The molecule has 2 N–H and O–H groups in total. The van der Waals surface area contributed by atoms with E-state index in [-0.39, 0.29) is 24.8 Å². The van der Waals surface area contributed by atoms with Crippen LogP contribution in [-0.4, -0.2) is 47.1 Å². The van der Waals surface area contributed by atoms with Crippen LogP contribution in [0.5, 0.6) is 0 Å². The third-order valence-corrected chi connectivity index (χ3v) is 4.27. The first kappa shape index (κ1) is 13.3. The molecular formula is C13H22N2O3. The molecule has 0 radical (unpaired) electrons. The van der Waals surface area contributed by atoms with Crippen molar-refractivity contribution in [1.29, 1.82) is 0 Å². The largest absolute Gasteiger partial charge is 0.481 e. The monoisotopic (exact) mass is 254 g/mol. The third-order valence-electron chi connectivity index (χ3n) is 4.27. The predicted octanol–water partition coefficient (Wildman–Crippen LogP) is 0.983. The minimum absolute atomic E-state index is 0.0781. The number of amides is 1. The van der Waals surface area contributed by atoms with Crippen molar-refractivity contribution in [2.75, 3.05) is 7.05 Å². The summed E-state index contributed by atoms with van der Waals surface area (Å²) in [5.41, 5.74) is 0. The molecule has 0 saturated carbocycles. The van der Waals surface area contributed by atoms with Crippen molar-refractivity contribution in [2.45, 2.75) is 63.1 Å². The molecule has 0 aromatic heterocycles. The van der Waals surface area contributed by atoms with Gasteiger partial charge in [-0.3, -0.25) is 9.59 Å². The van der Waals surface area contributed by atoms with Gasteiger partial charge in [0.1, 0.15) is 0 Å². The van der Waals surface area contributed by atoms with Crippen molar-refractivity contribution in [3.05, 3.63) is 0 Å². The van der Waals surface area contributed by atoms with E-state index in [0.717, 1.165) is 12.8 Å². The number of rotatable bonds is 4. The fourth-order valence-corrected chi connectivity index (χ4v) is 3.25. The van der Waals surface area contributed by atoms with Crippen LogP contribution in [0.25, 0.3) is 0 Å². The van der Waals surface area contributed by atoms with Gasteiger partial charge in [-0.25, -0.2) is 0 Å². The maximum atomic E-state index is 11.6. The Morgan fingerprint density at radius 2 is 1.83 bits per heavy atom. The quantitative estimate of drug-likeness (QED) is 0.784. The summed E-state index contributed by atoms with van der Waals surface area (Å²) >= 11 is 0. The van der Waals surface area contributed by atoms with E-state index in [2.05, 4.69) is 17.3 Å². The third kappa shape index (κ3) is 3.22. The summed E-state index contributed by atoms with van der Waals surface area (Å²) in [6.07, 6.45) is 5.75. The van der Waals surface area contributed by atoms with Gasteiger partial charge in [0.05, 0.1) is 6.42 Å². The fraction of sp³-hybridized carbons (Fsp3) is 0.846. The highest BCUT2D eigenvalue weighted by atomic mass is 16.4. The molecule has 2 unspecified atom stereocenters. The van der Waals surface area contributed by atoms with Crippen molar-refractivity contribution in [1.82, 2.24) is 10.2 Å². The molecule has 5 heteroatoms. The summed E-state index contributed by atoms with van der Waals surface area (Å²) in [7, 11) is 2.18. The summed E-state index contributed by atoms with van der Waals surface area (Å²) in [5, 5.41) is 11.5. The first-order valence-corrected chi connectivity index (χ1v) is 6.79. The standard InChI is InChI=1S/C13H22N2O3/c1-15-10-3-2-4-11(15)8-9(7-10)14-12(16)5-6-13(17)18/h9-11H,2-8H2,1H3,(H,14,16)(H,17,18). The molecule has 2 heterocycles. The lowest BCUT2D eigenvalue weighted by Gasteiger charge is -2.47. The Hall–Kier alpha value is -1.10. The molecule has 5 nitrogen and oxygen atoms in total. The Morgan fingerprint density at radius 3 is 2.39 bits per heavy atom. The van der Waals surface area contributed by atoms with E-state index in [0.29, 0.717) is 12.1 Å². The van der Waals surface area contributed by atoms with Crippen LogP contribution in [-0.2, 0) is 9.59 Å². The second-order valence-electron chi connectivity index (χ2n) is 5.53. The molecule has 2 aliphatic rings. The molecule has 2 aliphatic heterocycles. The normalized spacial score (nSPS) is 31.9. The van der Waals surface area contributed by atoms with Crippen LogP contribution in [0.2, 0.25) is 0 Å². The molecule has 18 heavy (non-hydrogen) atoms. The second-order valence-corrected chi connectivity index (χ2v) is 5.53. The van der Waals surface area contributed by atoms with Gasteiger partial charge in [-0.1, -0.05) is 6.42 Å². The van der Waals surface area contributed by atoms with E-state index in [1.807, 2.05) is 0 Å². The number of piperidine rings is 2. The van der Waals surface area contributed by atoms with Crippen LogP contribution in [0, 0.1) is 0 Å². The Kier molecular flexibility index (Phi) is 4.22. The summed E-state index contributed by atoms with van der Waals surface area (Å²) in [4.78, 5) is 24.5. The number of carbonyl (C=O) groups is 2. The molecule has 2 fully saturated rings. The van der Waals surface area contributed by atoms with E-state index >= 15 is 0 Å². The first-order chi connectivity index (χ1) is 8.56. The molecule has 0 aromatic rings.